The average molecular weight is 300 g/mol. The molecule has 124 valence electrons. The van der Waals surface area contributed by atoms with Crippen molar-refractivity contribution in [2.45, 2.75) is 58.7 Å². The van der Waals surface area contributed by atoms with Gasteiger partial charge in [0.05, 0.1) is 6.10 Å². The molecule has 1 saturated heterocycles. The third kappa shape index (κ3) is 7.25. The number of hydrogen-bond acceptors (Lipinski definition) is 4. The van der Waals surface area contributed by atoms with E-state index in [0.29, 0.717) is 19.1 Å². The highest BCUT2D eigenvalue weighted by Gasteiger charge is 2.26. The molecule has 0 aromatic rings. The van der Waals surface area contributed by atoms with E-state index in [0.717, 1.165) is 45.4 Å². The molecule has 5 nitrogen and oxygen atoms in total. The van der Waals surface area contributed by atoms with Crippen LogP contribution in [0.25, 0.3) is 0 Å². The summed E-state index contributed by atoms with van der Waals surface area (Å²) in [6.07, 6.45) is 3.66. The maximum atomic E-state index is 12.3. The van der Waals surface area contributed by atoms with Gasteiger partial charge >= 0.3 is 0 Å². The number of carbonyl (C=O) groups excluding carboxylic acids is 1. The minimum atomic E-state index is -0.335. The lowest BCUT2D eigenvalue weighted by atomic mass is 10.1. The molecule has 0 aliphatic carbocycles. The van der Waals surface area contributed by atoms with Crippen LogP contribution in [-0.2, 0) is 14.3 Å². The molecule has 0 radical (unpaired) electrons. The number of amides is 1. The van der Waals surface area contributed by atoms with Gasteiger partial charge in [-0.3, -0.25) is 4.79 Å². The van der Waals surface area contributed by atoms with Crippen LogP contribution in [-0.4, -0.2) is 55.9 Å². The first-order chi connectivity index (χ1) is 10.0. The van der Waals surface area contributed by atoms with E-state index in [2.05, 4.69) is 13.8 Å². The van der Waals surface area contributed by atoms with Gasteiger partial charge in [-0.2, -0.15) is 0 Å². The van der Waals surface area contributed by atoms with Crippen molar-refractivity contribution in [1.29, 1.82) is 0 Å². The van der Waals surface area contributed by atoms with E-state index < -0.39 is 0 Å². The monoisotopic (exact) mass is 300 g/mol. The average Bonchev–Trinajstić information content (AvgIpc) is 2.47. The molecule has 1 amide bonds. The van der Waals surface area contributed by atoms with Crippen LogP contribution < -0.4 is 5.73 Å². The molecular weight excluding hydrogens is 268 g/mol. The van der Waals surface area contributed by atoms with Crippen LogP contribution in [0.15, 0.2) is 0 Å². The summed E-state index contributed by atoms with van der Waals surface area (Å²) < 4.78 is 11.4. The van der Waals surface area contributed by atoms with E-state index in [-0.39, 0.29) is 18.1 Å². The predicted octanol–water partition coefficient (Wildman–Crippen LogP) is 1.79. The number of ether oxygens (including phenoxy) is 2. The molecular formula is C16H32N2O3. The fourth-order valence-electron chi connectivity index (χ4n) is 2.39. The Balaban J connectivity index is 2.21. The maximum absolute atomic E-state index is 12.3. The minimum Gasteiger partial charge on any atom is -0.378 e. The van der Waals surface area contributed by atoms with Crippen molar-refractivity contribution < 1.29 is 14.3 Å². The number of piperidine rings is 1. The second-order valence-corrected chi connectivity index (χ2v) is 6.23. The van der Waals surface area contributed by atoms with E-state index in [1.54, 1.807) is 0 Å². The van der Waals surface area contributed by atoms with Crippen LogP contribution in [0, 0.1) is 5.92 Å². The highest BCUT2D eigenvalue weighted by atomic mass is 16.5. The summed E-state index contributed by atoms with van der Waals surface area (Å²) in [5.41, 5.74) is 5.45. The molecule has 0 aromatic heterocycles. The zero-order valence-corrected chi connectivity index (χ0v) is 13.8. The lowest BCUT2D eigenvalue weighted by molar-refractivity contribution is -0.145. The van der Waals surface area contributed by atoms with Crippen LogP contribution in [0.4, 0.5) is 0 Å². The number of carbonyl (C=O) groups is 1. The topological polar surface area (TPSA) is 64.8 Å². The molecule has 1 fully saturated rings. The van der Waals surface area contributed by atoms with Crippen LogP contribution in [0.5, 0.6) is 0 Å². The molecule has 0 bridgehead atoms. The van der Waals surface area contributed by atoms with Gasteiger partial charge in [-0.25, -0.2) is 0 Å². The van der Waals surface area contributed by atoms with Gasteiger partial charge in [0, 0.05) is 26.3 Å². The van der Waals surface area contributed by atoms with E-state index in [9.17, 15) is 4.79 Å². The molecule has 1 aliphatic rings. The lowest BCUT2D eigenvalue weighted by Gasteiger charge is -2.33. The summed E-state index contributed by atoms with van der Waals surface area (Å²) in [6, 6.07) is 0. The van der Waals surface area contributed by atoms with Gasteiger partial charge in [0.2, 0.25) is 0 Å². The SMILES string of the molecule is CC(C)CCOC(C)C(=O)N1CCC(OCCCN)CC1. The molecule has 0 saturated carbocycles. The van der Waals surface area contributed by atoms with Crippen molar-refractivity contribution in [3.8, 4) is 0 Å². The van der Waals surface area contributed by atoms with Crippen molar-refractivity contribution in [1.82, 2.24) is 4.90 Å². The molecule has 1 aliphatic heterocycles. The first-order valence-electron chi connectivity index (χ1n) is 8.26. The Kier molecular flexibility index (Phi) is 8.88. The van der Waals surface area contributed by atoms with Crippen LogP contribution >= 0.6 is 0 Å². The fourth-order valence-corrected chi connectivity index (χ4v) is 2.39. The standard InChI is InChI=1S/C16H32N2O3/c1-13(2)7-12-20-14(3)16(19)18-9-5-15(6-10-18)21-11-4-8-17/h13-15H,4-12,17H2,1-3H3. The van der Waals surface area contributed by atoms with Gasteiger partial charge in [-0.05, 0) is 45.1 Å². The second kappa shape index (κ2) is 10.1. The van der Waals surface area contributed by atoms with E-state index >= 15 is 0 Å². The third-order valence-corrected chi connectivity index (χ3v) is 3.87. The van der Waals surface area contributed by atoms with Crippen LogP contribution in [0.1, 0.15) is 46.5 Å². The van der Waals surface area contributed by atoms with Crippen LogP contribution in [0.3, 0.4) is 0 Å². The largest absolute Gasteiger partial charge is 0.378 e. The number of nitrogens with zero attached hydrogens (tertiary/aromatic N) is 1. The predicted molar refractivity (Wildman–Crippen MR) is 84.1 cm³/mol. The number of likely N-dealkylation sites (tertiary alicyclic amines) is 1. The highest BCUT2D eigenvalue weighted by Crippen LogP contribution is 2.15. The first kappa shape index (κ1) is 18.4. The lowest BCUT2D eigenvalue weighted by Crippen LogP contribution is -2.45. The number of hydrogen-bond donors (Lipinski definition) is 1. The molecule has 1 atom stereocenters. The Morgan fingerprint density at radius 2 is 1.90 bits per heavy atom. The van der Waals surface area contributed by atoms with Crippen molar-refractivity contribution in [2.75, 3.05) is 32.8 Å². The minimum absolute atomic E-state index is 0.110. The smallest absolute Gasteiger partial charge is 0.251 e. The Labute approximate surface area is 129 Å². The van der Waals surface area contributed by atoms with Gasteiger partial charge in [0.15, 0.2) is 0 Å². The summed E-state index contributed by atoms with van der Waals surface area (Å²) in [4.78, 5) is 14.2. The first-order valence-corrected chi connectivity index (χ1v) is 8.26. The van der Waals surface area contributed by atoms with Gasteiger partial charge in [-0.1, -0.05) is 13.8 Å². The Morgan fingerprint density at radius 3 is 2.48 bits per heavy atom. The third-order valence-electron chi connectivity index (χ3n) is 3.87. The van der Waals surface area contributed by atoms with Crippen molar-refractivity contribution >= 4 is 5.91 Å². The zero-order chi connectivity index (χ0) is 15.7. The highest BCUT2D eigenvalue weighted by molar-refractivity contribution is 5.80. The van der Waals surface area contributed by atoms with Gasteiger partial charge in [0.25, 0.3) is 5.91 Å². The molecule has 1 rings (SSSR count). The summed E-state index contributed by atoms with van der Waals surface area (Å²) in [6.45, 7) is 9.76. The Morgan fingerprint density at radius 1 is 1.24 bits per heavy atom. The molecule has 1 heterocycles. The zero-order valence-electron chi connectivity index (χ0n) is 13.8. The van der Waals surface area contributed by atoms with E-state index in [4.69, 9.17) is 15.2 Å². The second-order valence-electron chi connectivity index (χ2n) is 6.23. The number of nitrogens with two attached hydrogens (primary N) is 1. The number of rotatable bonds is 9. The molecule has 2 N–H and O–H groups in total. The quantitative estimate of drug-likeness (QED) is 0.659. The summed E-state index contributed by atoms with van der Waals surface area (Å²) in [5, 5.41) is 0. The summed E-state index contributed by atoms with van der Waals surface area (Å²) >= 11 is 0. The van der Waals surface area contributed by atoms with Gasteiger partial charge in [0.1, 0.15) is 6.10 Å². The summed E-state index contributed by atoms with van der Waals surface area (Å²) in [7, 11) is 0. The molecule has 0 aromatic carbocycles. The van der Waals surface area contributed by atoms with Crippen molar-refractivity contribution in [3.63, 3.8) is 0 Å². The summed E-state index contributed by atoms with van der Waals surface area (Å²) in [5.74, 6) is 0.716. The normalized spacial score (nSPS) is 18.2. The van der Waals surface area contributed by atoms with Crippen molar-refractivity contribution in [2.24, 2.45) is 11.7 Å². The fraction of sp³-hybridized carbons (Fsp3) is 0.938. The maximum Gasteiger partial charge on any atom is 0.251 e. The molecule has 21 heavy (non-hydrogen) atoms. The molecule has 0 spiro atoms. The molecule has 5 heteroatoms. The van der Waals surface area contributed by atoms with Gasteiger partial charge in [-0.15, -0.1) is 0 Å². The van der Waals surface area contributed by atoms with Crippen molar-refractivity contribution in [3.05, 3.63) is 0 Å². The Hall–Kier alpha value is -0.650. The van der Waals surface area contributed by atoms with Gasteiger partial charge < -0.3 is 20.1 Å². The van der Waals surface area contributed by atoms with Crippen LogP contribution in [0.2, 0.25) is 0 Å². The molecule has 1 unspecified atom stereocenters. The van der Waals surface area contributed by atoms with E-state index in [1.807, 2.05) is 11.8 Å². The van der Waals surface area contributed by atoms with E-state index in [1.165, 1.54) is 0 Å². The Bertz CT molecular complexity index is 289.